The fourth-order valence-corrected chi connectivity index (χ4v) is 4.84. The smallest absolute Gasteiger partial charge is 0.251 e. The summed E-state index contributed by atoms with van der Waals surface area (Å²) in [6.45, 7) is 6.42. The number of ether oxygens (including phenoxy) is 1. The zero-order chi connectivity index (χ0) is 25.2. The average molecular weight is 491 g/mol. The Hall–Kier alpha value is -3.69. The van der Waals surface area contributed by atoms with Gasteiger partial charge < -0.3 is 19.7 Å². The van der Waals surface area contributed by atoms with E-state index in [2.05, 4.69) is 22.5 Å². The topological polar surface area (TPSA) is 113 Å². The average Bonchev–Trinajstić information content (AvgIpc) is 3.20. The summed E-state index contributed by atoms with van der Waals surface area (Å²) >= 11 is 0. The first kappa shape index (κ1) is 24.0. The second-order valence-electron chi connectivity index (χ2n) is 9.46. The summed E-state index contributed by atoms with van der Waals surface area (Å²) in [6.07, 6.45) is 2.29. The van der Waals surface area contributed by atoms with Gasteiger partial charge in [-0.25, -0.2) is 0 Å². The standard InChI is InChI=1S/C27H30N4O5/c1-17-2-4-19(13-20(17)15-30-8-10-36-11-9-30)25(33)28-14-18-3-5-22-21(12-18)16-31(27(22)35)23-6-7-24(32)29-26(23)34/h2-5,12-13,16,23,35H,6-11,14-15H2,1H3,(H,28,33)(H,29,32,34). The van der Waals surface area contributed by atoms with Gasteiger partial charge in [0.05, 0.1) is 13.2 Å². The van der Waals surface area contributed by atoms with E-state index in [9.17, 15) is 19.5 Å². The number of imide groups is 1. The highest BCUT2D eigenvalue weighted by Crippen LogP contribution is 2.33. The van der Waals surface area contributed by atoms with Crippen molar-refractivity contribution in [2.24, 2.45) is 0 Å². The van der Waals surface area contributed by atoms with E-state index in [1.165, 1.54) is 4.57 Å². The summed E-state index contributed by atoms with van der Waals surface area (Å²) in [7, 11) is 0. The predicted molar refractivity (Wildman–Crippen MR) is 133 cm³/mol. The lowest BCUT2D eigenvalue weighted by Gasteiger charge is -2.27. The first-order valence-corrected chi connectivity index (χ1v) is 12.2. The molecule has 1 unspecified atom stereocenters. The molecule has 0 saturated carbocycles. The molecule has 0 aliphatic carbocycles. The van der Waals surface area contributed by atoms with Crippen LogP contribution in [0.25, 0.3) is 10.8 Å². The van der Waals surface area contributed by atoms with E-state index in [0.717, 1.165) is 54.9 Å². The fourth-order valence-electron chi connectivity index (χ4n) is 4.84. The second kappa shape index (κ2) is 10.1. The van der Waals surface area contributed by atoms with Gasteiger partial charge >= 0.3 is 0 Å². The SMILES string of the molecule is Cc1ccc(C(=O)NCc2ccc3c(O)n(C4CCC(=O)NC4=O)cc3c2)cc1CN1CCOCC1. The number of amides is 3. The van der Waals surface area contributed by atoms with Gasteiger partial charge in [-0.2, -0.15) is 0 Å². The maximum absolute atomic E-state index is 12.9. The van der Waals surface area contributed by atoms with Gasteiger partial charge in [0, 0.05) is 55.1 Å². The molecule has 0 bridgehead atoms. The van der Waals surface area contributed by atoms with E-state index in [1.54, 1.807) is 12.3 Å². The van der Waals surface area contributed by atoms with E-state index in [1.807, 2.05) is 30.3 Å². The lowest BCUT2D eigenvalue weighted by atomic mass is 10.0. The number of nitrogens with one attached hydrogen (secondary N) is 2. The Morgan fingerprint density at radius 2 is 1.97 bits per heavy atom. The molecule has 3 N–H and O–H groups in total. The van der Waals surface area contributed by atoms with Crippen LogP contribution in [0, 0.1) is 6.92 Å². The quantitative estimate of drug-likeness (QED) is 0.458. The monoisotopic (exact) mass is 490 g/mol. The van der Waals surface area contributed by atoms with E-state index in [0.29, 0.717) is 23.9 Å². The van der Waals surface area contributed by atoms with Crippen molar-refractivity contribution in [3.63, 3.8) is 0 Å². The van der Waals surface area contributed by atoms with Crippen molar-refractivity contribution in [3.05, 3.63) is 64.8 Å². The molecule has 36 heavy (non-hydrogen) atoms. The summed E-state index contributed by atoms with van der Waals surface area (Å²) in [5.41, 5.74) is 3.78. The lowest BCUT2D eigenvalue weighted by Crippen LogP contribution is -2.41. The maximum atomic E-state index is 12.9. The number of carbonyl (C=O) groups is 3. The molecular formula is C27H30N4O5. The van der Waals surface area contributed by atoms with Crippen LogP contribution in [-0.4, -0.2) is 58.6 Å². The molecule has 2 aliphatic rings. The number of benzene rings is 2. The molecule has 3 aromatic rings. The Kier molecular flexibility index (Phi) is 6.75. The number of hydrogen-bond donors (Lipinski definition) is 3. The minimum Gasteiger partial charge on any atom is -0.494 e. The van der Waals surface area contributed by atoms with Gasteiger partial charge in [-0.3, -0.25) is 24.6 Å². The van der Waals surface area contributed by atoms with Crippen molar-refractivity contribution in [2.75, 3.05) is 26.3 Å². The number of fused-ring (bicyclic) bond motifs is 1. The summed E-state index contributed by atoms with van der Waals surface area (Å²) in [5, 5.41) is 17.3. The van der Waals surface area contributed by atoms with Crippen LogP contribution in [0.1, 0.15) is 45.9 Å². The van der Waals surface area contributed by atoms with Gasteiger partial charge in [0.1, 0.15) is 6.04 Å². The van der Waals surface area contributed by atoms with Crippen LogP contribution in [0.15, 0.2) is 42.6 Å². The van der Waals surface area contributed by atoms with E-state index in [4.69, 9.17) is 4.74 Å². The Balaban J connectivity index is 1.27. The number of nitrogens with zero attached hydrogens (tertiary/aromatic N) is 2. The van der Waals surface area contributed by atoms with Gasteiger partial charge in [-0.1, -0.05) is 12.1 Å². The molecule has 9 nitrogen and oxygen atoms in total. The number of aromatic hydroxyl groups is 1. The second-order valence-corrected chi connectivity index (χ2v) is 9.46. The predicted octanol–water partition coefficient (Wildman–Crippen LogP) is 2.40. The highest BCUT2D eigenvalue weighted by atomic mass is 16.5. The lowest BCUT2D eigenvalue weighted by molar-refractivity contribution is -0.135. The molecule has 3 amide bonds. The zero-order valence-electron chi connectivity index (χ0n) is 20.3. The van der Waals surface area contributed by atoms with Crippen LogP contribution in [0.3, 0.4) is 0 Å². The van der Waals surface area contributed by atoms with Gasteiger partial charge in [-0.15, -0.1) is 0 Å². The molecule has 2 aromatic carbocycles. The minimum absolute atomic E-state index is 0.0115. The number of carbonyl (C=O) groups excluding carboxylic acids is 3. The largest absolute Gasteiger partial charge is 0.494 e. The normalized spacial score (nSPS) is 18.9. The van der Waals surface area contributed by atoms with Gasteiger partial charge in [0.15, 0.2) is 5.88 Å². The Morgan fingerprint density at radius 1 is 1.17 bits per heavy atom. The van der Waals surface area contributed by atoms with Crippen molar-refractivity contribution >= 4 is 28.5 Å². The van der Waals surface area contributed by atoms with Crippen molar-refractivity contribution in [2.45, 2.75) is 38.9 Å². The third-order valence-electron chi connectivity index (χ3n) is 6.99. The van der Waals surface area contributed by atoms with Gasteiger partial charge in [0.25, 0.3) is 5.91 Å². The highest BCUT2D eigenvalue weighted by molar-refractivity contribution is 6.00. The zero-order valence-corrected chi connectivity index (χ0v) is 20.3. The molecule has 2 fully saturated rings. The van der Waals surface area contributed by atoms with Gasteiger partial charge in [-0.05, 0) is 54.3 Å². The molecule has 9 heteroatoms. The van der Waals surface area contributed by atoms with Crippen molar-refractivity contribution in [3.8, 4) is 5.88 Å². The Morgan fingerprint density at radius 3 is 2.75 bits per heavy atom. The van der Waals surface area contributed by atoms with Gasteiger partial charge in [0.2, 0.25) is 11.8 Å². The van der Waals surface area contributed by atoms with Crippen molar-refractivity contribution in [1.82, 2.24) is 20.1 Å². The van der Waals surface area contributed by atoms with Crippen LogP contribution in [0.5, 0.6) is 5.88 Å². The first-order chi connectivity index (χ1) is 17.4. The first-order valence-electron chi connectivity index (χ1n) is 12.2. The number of piperidine rings is 1. The number of rotatable bonds is 6. The molecule has 0 radical (unpaired) electrons. The molecular weight excluding hydrogens is 460 g/mol. The summed E-state index contributed by atoms with van der Waals surface area (Å²) in [5.74, 6) is -0.877. The summed E-state index contributed by atoms with van der Waals surface area (Å²) in [6, 6.07) is 10.7. The molecule has 188 valence electrons. The molecule has 2 saturated heterocycles. The van der Waals surface area contributed by atoms with Crippen molar-refractivity contribution < 1.29 is 24.2 Å². The molecule has 3 heterocycles. The Labute approximate surface area is 209 Å². The fraction of sp³-hybridized carbons (Fsp3) is 0.370. The molecule has 0 spiro atoms. The molecule has 5 rings (SSSR count). The number of aromatic nitrogens is 1. The highest BCUT2D eigenvalue weighted by Gasteiger charge is 2.30. The van der Waals surface area contributed by atoms with Crippen LogP contribution in [0.4, 0.5) is 0 Å². The van der Waals surface area contributed by atoms with Crippen LogP contribution in [-0.2, 0) is 27.4 Å². The maximum Gasteiger partial charge on any atom is 0.251 e. The van der Waals surface area contributed by atoms with Crippen LogP contribution < -0.4 is 10.6 Å². The van der Waals surface area contributed by atoms with E-state index >= 15 is 0 Å². The Bertz CT molecular complexity index is 1330. The van der Waals surface area contributed by atoms with Crippen molar-refractivity contribution in [1.29, 1.82) is 0 Å². The molecule has 1 atom stereocenters. The molecule has 1 aromatic heterocycles. The number of aryl methyl sites for hydroxylation is 1. The molecule has 2 aliphatic heterocycles. The third kappa shape index (κ3) is 4.98. The minimum atomic E-state index is -0.633. The van der Waals surface area contributed by atoms with Crippen LogP contribution in [0.2, 0.25) is 0 Å². The summed E-state index contributed by atoms with van der Waals surface area (Å²) < 4.78 is 6.94. The van der Waals surface area contributed by atoms with E-state index < -0.39 is 11.9 Å². The third-order valence-corrected chi connectivity index (χ3v) is 6.99. The van der Waals surface area contributed by atoms with E-state index in [-0.39, 0.29) is 24.1 Å². The summed E-state index contributed by atoms with van der Waals surface area (Å²) in [4.78, 5) is 38.9. The number of hydrogen-bond acceptors (Lipinski definition) is 6. The van der Waals surface area contributed by atoms with Crippen LogP contribution >= 0.6 is 0 Å². The number of morpholine rings is 1.